The van der Waals surface area contributed by atoms with E-state index in [2.05, 4.69) is 10.1 Å². The first-order valence-electron chi connectivity index (χ1n) is 8.79. The second-order valence-corrected chi connectivity index (χ2v) is 6.64. The van der Waals surface area contributed by atoms with Crippen molar-refractivity contribution in [3.63, 3.8) is 0 Å². The Bertz CT molecular complexity index is 632. The molecular weight excluding hydrogens is 336 g/mol. The first-order chi connectivity index (χ1) is 12.4. The summed E-state index contributed by atoms with van der Waals surface area (Å²) in [4.78, 5) is 38.4. The number of esters is 1. The number of methoxy groups -OCH3 is 1. The van der Waals surface area contributed by atoms with Crippen LogP contribution >= 0.6 is 0 Å². The molecule has 26 heavy (non-hydrogen) atoms. The zero-order valence-corrected chi connectivity index (χ0v) is 15.4. The minimum absolute atomic E-state index is 0.136. The molecule has 1 N–H and O–H groups in total. The first kappa shape index (κ1) is 19.8. The van der Waals surface area contributed by atoms with Crippen molar-refractivity contribution in [3.05, 3.63) is 35.9 Å². The number of ether oxygens (including phenoxy) is 2. The van der Waals surface area contributed by atoms with Gasteiger partial charge in [-0.2, -0.15) is 0 Å². The van der Waals surface area contributed by atoms with Gasteiger partial charge in [0.1, 0.15) is 18.7 Å². The average Bonchev–Trinajstić information content (AvgIpc) is 3.13. The maximum Gasteiger partial charge on any atom is 0.407 e. The number of hydrogen-bond acceptors (Lipinski definition) is 5. The SMILES string of the molecule is COC(=O)N[C@H](C(=O)N1CCC[C@H]1C(=O)OCc1ccccc1)C(C)C. The number of alkyl carbamates (subject to hydrolysis) is 1. The number of hydrogen-bond donors (Lipinski definition) is 1. The number of nitrogens with one attached hydrogen (secondary N) is 1. The second kappa shape index (κ2) is 9.22. The lowest BCUT2D eigenvalue weighted by atomic mass is 10.0. The van der Waals surface area contributed by atoms with Gasteiger partial charge < -0.3 is 19.7 Å². The van der Waals surface area contributed by atoms with Crippen LogP contribution in [0.3, 0.4) is 0 Å². The highest BCUT2D eigenvalue weighted by atomic mass is 16.5. The fourth-order valence-corrected chi connectivity index (χ4v) is 2.98. The molecule has 0 bridgehead atoms. The van der Waals surface area contributed by atoms with Crippen LogP contribution < -0.4 is 5.32 Å². The van der Waals surface area contributed by atoms with Crippen LogP contribution in [0.15, 0.2) is 30.3 Å². The highest BCUT2D eigenvalue weighted by molar-refractivity contribution is 5.90. The van der Waals surface area contributed by atoms with E-state index in [0.717, 1.165) is 12.0 Å². The summed E-state index contributed by atoms with van der Waals surface area (Å²) >= 11 is 0. The van der Waals surface area contributed by atoms with Gasteiger partial charge in [0.2, 0.25) is 5.91 Å². The molecular formula is C19H26N2O5. The molecule has 0 saturated carbocycles. The summed E-state index contributed by atoms with van der Waals surface area (Å²) in [6.07, 6.45) is 0.613. The fourth-order valence-electron chi connectivity index (χ4n) is 2.98. The van der Waals surface area contributed by atoms with E-state index in [1.54, 1.807) is 0 Å². The number of nitrogens with zero attached hydrogens (tertiary/aromatic N) is 1. The number of benzene rings is 1. The summed E-state index contributed by atoms with van der Waals surface area (Å²) in [5.74, 6) is -0.840. The van der Waals surface area contributed by atoms with Crippen molar-refractivity contribution in [2.24, 2.45) is 5.92 Å². The van der Waals surface area contributed by atoms with Gasteiger partial charge in [-0.3, -0.25) is 4.79 Å². The molecule has 0 radical (unpaired) electrons. The monoisotopic (exact) mass is 362 g/mol. The Kier molecular flexibility index (Phi) is 7.00. The molecule has 1 aliphatic rings. The van der Waals surface area contributed by atoms with Crippen molar-refractivity contribution < 1.29 is 23.9 Å². The Balaban J connectivity index is 2.01. The Labute approximate surface area is 153 Å². The zero-order chi connectivity index (χ0) is 19.1. The van der Waals surface area contributed by atoms with Crippen LogP contribution in [0, 0.1) is 5.92 Å². The third-order valence-corrected chi connectivity index (χ3v) is 4.42. The standard InChI is InChI=1S/C19H26N2O5/c1-13(2)16(20-19(24)25-3)17(22)21-11-7-10-15(21)18(23)26-12-14-8-5-4-6-9-14/h4-6,8-9,13,15-16H,7,10-12H2,1-3H3,(H,20,24)/t15-,16-/m0/s1. The zero-order valence-electron chi connectivity index (χ0n) is 15.4. The lowest BCUT2D eigenvalue weighted by Gasteiger charge is -2.29. The van der Waals surface area contributed by atoms with Crippen LogP contribution in [0.1, 0.15) is 32.3 Å². The van der Waals surface area contributed by atoms with Gasteiger partial charge in [-0.25, -0.2) is 9.59 Å². The molecule has 2 atom stereocenters. The number of rotatable bonds is 6. The van der Waals surface area contributed by atoms with Gasteiger partial charge in [-0.05, 0) is 24.3 Å². The van der Waals surface area contributed by atoms with E-state index in [1.807, 2.05) is 44.2 Å². The van der Waals surface area contributed by atoms with E-state index in [4.69, 9.17) is 4.74 Å². The molecule has 2 amide bonds. The Hall–Kier alpha value is -2.57. The van der Waals surface area contributed by atoms with E-state index in [9.17, 15) is 14.4 Å². The highest BCUT2D eigenvalue weighted by Crippen LogP contribution is 2.22. The number of likely N-dealkylation sites (tertiary alicyclic amines) is 1. The molecule has 2 rings (SSSR count). The molecule has 0 spiro atoms. The van der Waals surface area contributed by atoms with Gasteiger partial charge in [-0.1, -0.05) is 44.2 Å². The molecule has 142 valence electrons. The van der Waals surface area contributed by atoms with Crippen molar-refractivity contribution in [2.45, 2.75) is 45.4 Å². The number of carbonyl (C=O) groups is 3. The molecule has 1 heterocycles. The minimum Gasteiger partial charge on any atom is -0.459 e. The summed E-state index contributed by atoms with van der Waals surface area (Å²) in [5.41, 5.74) is 0.893. The second-order valence-electron chi connectivity index (χ2n) is 6.64. The predicted octanol–water partition coefficient (Wildman–Crippen LogP) is 2.10. The van der Waals surface area contributed by atoms with E-state index < -0.39 is 24.1 Å². The quantitative estimate of drug-likeness (QED) is 0.784. The molecule has 7 nitrogen and oxygen atoms in total. The summed E-state index contributed by atoms with van der Waals surface area (Å²) in [5, 5.41) is 2.56. The van der Waals surface area contributed by atoms with Gasteiger partial charge in [-0.15, -0.1) is 0 Å². The van der Waals surface area contributed by atoms with E-state index in [-0.39, 0.29) is 18.4 Å². The van der Waals surface area contributed by atoms with E-state index >= 15 is 0 Å². The van der Waals surface area contributed by atoms with Gasteiger partial charge in [0, 0.05) is 6.54 Å². The lowest BCUT2D eigenvalue weighted by molar-refractivity contribution is -0.155. The Morgan fingerprint density at radius 3 is 2.54 bits per heavy atom. The van der Waals surface area contributed by atoms with Crippen molar-refractivity contribution in [2.75, 3.05) is 13.7 Å². The molecule has 1 saturated heterocycles. The van der Waals surface area contributed by atoms with Gasteiger partial charge in [0.15, 0.2) is 0 Å². The highest BCUT2D eigenvalue weighted by Gasteiger charge is 2.39. The molecule has 1 aromatic rings. The smallest absolute Gasteiger partial charge is 0.407 e. The Morgan fingerprint density at radius 1 is 1.23 bits per heavy atom. The fraction of sp³-hybridized carbons (Fsp3) is 0.526. The van der Waals surface area contributed by atoms with Crippen molar-refractivity contribution >= 4 is 18.0 Å². The van der Waals surface area contributed by atoms with Crippen molar-refractivity contribution in [3.8, 4) is 0 Å². The molecule has 1 aliphatic heterocycles. The van der Waals surface area contributed by atoms with Crippen molar-refractivity contribution in [1.82, 2.24) is 10.2 Å². The van der Waals surface area contributed by atoms with E-state index in [0.29, 0.717) is 13.0 Å². The van der Waals surface area contributed by atoms with Crippen LogP contribution in [0.4, 0.5) is 4.79 Å². The normalized spacial score (nSPS) is 17.7. The summed E-state index contributed by atoms with van der Waals surface area (Å²) in [6, 6.07) is 8.03. The summed E-state index contributed by atoms with van der Waals surface area (Å²) < 4.78 is 9.98. The van der Waals surface area contributed by atoms with E-state index in [1.165, 1.54) is 12.0 Å². The lowest BCUT2D eigenvalue weighted by Crippen LogP contribution is -2.54. The van der Waals surface area contributed by atoms with Crippen LogP contribution in [0.2, 0.25) is 0 Å². The number of carbonyl (C=O) groups excluding carboxylic acids is 3. The third kappa shape index (κ3) is 4.97. The van der Waals surface area contributed by atoms with Gasteiger partial charge in [0.25, 0.3) is 0 Å². The predicted molar refractivity (Wildman–Crippen MR) is 95.1 cm³/mol. The van der Waals surface area contributed by atoms with Crippen LogP contribution in [0.25, 0.3) is 0 Å². The molecule has 1 fully saturated rings. The van der Waals surface area contributed by atoms with Gasteiger partial charge >= 0.3 is 12.1 Å². The molecule has 1 aromatic carbocycles. The van der Waals surface area contributed by atoms with Crippen molar-refractivity contribution in [1.29, 1.82) is 0 Å². The largest absolute Gasteiger partial charge is 0.459 e. The van der Waals surface area contributed by atoms with Crippen LogP contribution in [-0.2, 0) is 25.7 Å². The first-order valence-corrected chi connectivity index (χ1v) is 8.79. The summed E-state index contributed by atoms with van der Waals surface area (Å²) in [7, 11) is 1.25. The molecule has 7 heteroatoms. The minimum atomic E-state index is -0.745. The maximum absolute atomic E-state index is 12.9. The molecule has 0 aliphatic carbocycles. The third-order valence-electron chi connectivity index (χ3n) is 4.42. The molecule has 0 unspecified atom stereocenters. The average molecular weight is 362 g/mol. The topological polar surface area (TPSA) is 84.9 Å². The number of amides is 2. The summed E-state index contributed by atoms with van der Waals surface area (Å²) in [6.45, 7) is 4.30. The molecule has 0 aromatic heterocycles. The van der Waals surface area contributed by atoms with Crippen LogP contribution in [-0.4, -0.2) is 48.6 Å². The van der Waals surface area contributed by atoms with Crippen LogP contribution in [0.5, 0.6) is 0 Å². The Morgan fingerprint density at radius 2 is 1.92 bits per heavy atom. The van der Waals surface area contributed by atoms with Gasteiger partial charge in [0.05, 0.1) is 7.11 Å². The maximum atomic E-state index is 12.9.